The highest BCUT2D eigenvalue weighted by atomic mass is 35.5. The fourth-order valence-corrected chi connectivity index (χ4v) is 4.16. The van der Waals surface area contributed by atoms with E-state index in [4.69, 9.17) is 16.3 Å². The van der Waals surface area contributed by atoms with Crippen LogP contribution in [0.2, 0.25) is 5.02 Å². The Kier molecular flexibility index (Phi) is 4.58. The van der Waals surface area contributed by atoms with E-state index in [1.165, 1.54) is 0 Å². The Morgan fingerprint density at radius 3 is 2.96 bits per heavy atom. The third kappa shape index (κ3) is 2.90. The van der Waals surface area contributed by atoms with Gasteiger partial charge in [-0.05, 0) is 37.0 Å². The van der Waals surface area contributed by atoms with Crippen LogP contribution in [0.15, 0.2) is 18.2 Å². The second kappa shape index (κ2) is 6.51. The van der Waals surface area contributed by atoms with Crippen LogP contribution in [0.1, 0.15) is 24.8 Å². The Balaban J connectivity index is 1.65. The number of ether oxygens (including phenoxy) is 1. The Morgan fingerprint density at radius 2 is 2.29 bits per heavy atom. The minimum absolute atomic E-state index is 0.0569. The number of carbonyl (C=O) groups is 2. The largest absolute Gasteiger partial charge is 0.496 e. The standard InChI is InChI=1S/C17H21ClN2O4/c1-24-14-5-4-13(18)7-11(14)8-19-16(23)20-9-12-3-2-6-17(12,10-20)15(21)22/h4-5,7,12H,2-3,6,8-10H2,1H3,(H,19,23)(H,21,22)/t12-,17+/m0/s1. The summed E-state index contributed by atoms with van der Waals surface area (Å²) in [5, 5.41) is 13.0. The number of amides is 2. The predicted molar refractivity (Wildman–Crippen MR) is 89.2 cm³/mol. The molecule has 0 aromatic heterocycles. The highest BCUT2D eigenvalue weighted by Gasteiger charge is 2.55. The van der Waals surface area contributed by atoms with Crippen molar-refractivity contribution < 1.29 is 19.4 Å². The summed E-state index contributed by atoms with van der Waals surface area (Å²) in [6, 6.07) is 4.98. The summed E-state index contributed by atoms with van der Waals surface area (Å²) in [4.78, 5) is 25.8. The zero-order valence-corrected chi connectivity index (χ0v) is 14.3. The van der Waals surface area contributed by atoms with Gasteiger partial charge in [-0.25, -0.2) is 4.79 Å². The summed E-state index contributed by atoms with van der Waals surface area (Å²) >= 11 is 5.99. The highest BCUT2D eigenvalue weighted by molar-refractivity contribution is 6.30. The van der Waals surface area contributed by atoms with Crippen LogP contribution >= 0.6 is 11.6 Å². The van der Waals surface area contributed by atoms with Gasteiger partial charge in [0.2, 0.25) is 0 Å². The smallest absolute Gasteiger partial charge is 0.317 e. The second-order valence-electron chi connectivity index (χ2n) is 6.55. The molecule has 2 fully saturated rings. The molecular formula is C17H21ClN2O4. The number of hydrogen-bond acceptors (Lipinski definition) is 3. The number of urea groups is 1. The van der Waals surface area contributed by atoms with Crippen molar-refractivity contribution in [2.24, 2.45) is 11.3 Å². The number of nitrogens with one attached hydrogen (secondary N) is 1. The number of hydrogen-bond donors (Lipinski definition) is 2. The molecule has 1 aromatic carbocycles. The molecule has 0 spiro atoms. The predicted octanol–water partition coefficient (Wildman–Crippen LogP) is 2.74. The summed E-state index contributed by atoms with van der Waals surface area (Å²) in [5.41, 5.74) is 0.0242. The molecule has 1 heterocycles. The SMILES string of the molecule is COc1ccc(Cl)cc1CNC(=O)N1C[C@@H]2CCC[C@@]2(C(=O)O)C1. The number of rotatable bonds is 4. The van der Waals surface area contributed by atoms with Crippen molar-refractivity contribution in [1.29, 1.82) is 0 Å². The summed E-state index contributed by atoms with van der Waals surface area (Å²) < 4.78 is 5.26. The summed E-state index contributed by atoms with van der Waals surface area (Å²) in [7, 11) is 1.56. The maximum Gasteiger partial charge on any atom is 0.317 e. The van der Waals surface area contributed by atoms with E-state index in [2.05, 4.69) is 5.32 Å². The zero-order valence-electron chi connectivity index (χ0n) is 13.5. The quantitative estimate of drug-likeness (QED) is 0.873. The van der Waals surface area contributed by atoms with Crippen molar-refractivity contribution in [3.8, 4) is 5.75 Å². The minimum atomic E-state index is -0.781. The topological polar surface area (TPSA) is 78.9 Å². The number of halogens is 1. The number of aliphatic carboxylic acids is 1. The Hall–Kier alpha value is -1.95. The van der Waals surface area contributed by atoms with Gasteiger partial charge in [0.05, 0.1) is 12.5 Å². The molecule has 24 heavy (non-hydrogen) atoms. The van der Waals surface area contributed by atoms with Crippen LogP contribution in [0.4, 0.5) is 4.79 Å². The van der Waals surface area contributed by atoms with Crippen LogP contribution in [-0.4, -0.2) is 42.2 Å². The number of carbonyl (C=O) groups excluding carboxylic acids is 1. The van der Waals surface area contributed by atoms with E-state index >= 15 is 0 Å². The maximum absolute atomic E-state index is 12.4. The molecule has 2 aliphatic rings. The van der Waals surface area contributed by atoms with E-state index in [1.807, 2.05) is 0 Å². The third-order valence-electron chi connectivity index (χ3n) is 5.26. The molecule has 2 N–H and O–H groups in total. The Bertz CT molecular complexity index is 666. The number of carboxylic acids is 1. The van der Waals surface area contributed by atoms with Gasteiger partial charge in [-0.2, -0.15) is 0 Å². The van der Waals surface area contributed by atoms with Gasteiger partial charge in [-0.15, -0.1) is 0 Å². The number of likely N-dealkylation sites (tertiary alicyclic amines) is 1. The van der Waals surface area contributed by atoms with Crippen LogP contribution < -0.4 is 10.1 Å². The summed E-state index contributed by atoms with van der Waals surface area (Å²) in [6.45, 7) is 1.07. The molecule has 1 aliphatic heterocycles. The van der Waals surface area contributed by atoms with Gasteiger partial charge in [0, 0.05) is 30.2 Å². The monoisotopic (exact) mass is 352 g/mol. The van der Waals surface area contributed by atoms with Gasteiger partial charge in [0.15, 0.2) is 0 Å². The third-order valence-corrected chi connectivity index (χ3v) is 5.49. The number of fused-ring (bicyclic) bond motifs is 1. The van der Waals surface area contributed by atoms with E-state index in [0.29, 0.717) is 23.7 Å². The molecule has 1 aliphatic carbocycles. The Morgan fingerprint density at radius 1 is 1.50 bits per heavy atom. The molecule has 2 amide bonds. The molecule has 0 bridgehead atoms. The molecule has 3 rings (SSSR count). The van der Waals surface area contributed by atoms with Crippen LogP contribution in [0.25, 0.3) is 0 Å². The number of nitrogens with zero attached hydrogens (tertiary/aromatic N) is 1. The lowest BCUT2D eigenvalue weighted by Gasteiger charge is -2.23. The first-order chi connectivity index (χ1) is 11.5. The first-order valence-corrected chi connectivity index (χ1v) is 8.42. The number of methoxy groups -OCH3 is 1. The lowest BCUT2D eigenvalue weighted by atomic mass is 9.81. The van der Waals surface area contributed by atoms with Gasteiger partial charge < -0.3 is 20.1 Å². The van der Waals surface area contributed by atoms with E-state index < -0.39 is 11.4 Å². The van der Waals surface area contributed by atoms with Gasteiger partial charge in [-0.1, -0.05) is 18.0 Å². The van der Waals surface area contributed by atoms with Crippen molar-refractivity contribution in [2.75, 3.05) is 20.2 Å². The summed E-state index contributed by atoms with van der Waals surface area (Å²) in [6.07, 6.45) is 2.45. The zero-order chi connectivity index (χ0) is 17.3. The maximum atomic E-state index is 12.4. The highest BCUT2D eigenvalue weighted by Crippen LogP contribution is 2.48. The fraction of sp³-hybridized carbons (Fsp3) is 0.529. The number of benzene rings is 1. The van der Waals surface area contributed by atoms with Crippen LogP contribution in [0.5, 0.6) is 5.75 Å². The van der Waals surface area contributed by atoms with Gasteiger partial charge in [-0.3, -0.25) is 4.79 Å². The van der Waals surface area contributed by atoms with Gasteiger partial charge >= 0.3 is 12.0 Å². The van der Waals surface area contributed by atoms with E-state index in [-0.39, 0.29) is 25.0 Å². The molecule has 6 nitrogen and oxygen atoms in total. The van der Waals surface area contributed by atoms with E-state index in [0.717, 1.165) is 18.4 Å². The summed E-state index contributed by atoms with van der Waals surface area (Å²) in [5.74, 6) is -0.0711. The van der Waals surface area contributed by atoms with Crippen LogP contribution in [-0.2, 0) is 11.3 Å². The van der Waals surface area contributed by atoms with Crippen molar-refractivity contribution in [3.05, 3.63) is 28.8 Å². The average molecular weight is 353 g/mol. The molecule has 1 saturated heterocycles. The lowest BCUT2D eigenvalue weighted by Crippen LogP contribution is -2.41. The molecule has 130 valence electrons. The van der Waals surface area contributed by atoms with E-state index in [1.54, 1.807) is 30.2 Å². The molecule has 2 atom stereocenters. The first kappa shape index (κ1) is 16.9. The average Bonchev–Trinajstić information content (AvgIpc) is 3.11. The Labute approximate surface area is 145 Å². The van der Waals surface area contributed by atoms with Crippen molar-refractivity contribution in [3.63, 3.8) is 0 Å². The van der Waals surface area contributed by atoms with Gasteiger partial charge in [0.25, 0.3) is 0 Å². The van der Waals surface area contributed by atoms with Crippen LogP contribution in [0, 0.1) is 11.3 Å². The molecule has 0 unspecified atom stereocenters. The normalized spacial score (nSPS) is 25.4. The molecule has 1 aromatic rings. The van der Waals surface area contributed by atoms with E-state index in [9.17, 15) is 14.7 Å². The minimum Gasteiger partial charge on any atom is -0.496 e. The first-order valence-electron chi connectivity index (χ1n) is 8.05. The van der Waals surface area contributed by atoms with Crippen molar-refractivity contribution in [1.82, 2.24) is 10.2 Å². The second-order valence-corrected chi connectivity index (χ2v) is 6.98. The molecule has 0 radical (unpaired) electrons. The lowest BCUT2D eigenvalue weighted by molar-refractivity contribution is -0.149. The molecular weight excluding hydrogens is 332 g/mol. The van der Waals surface area contributed by atoms with Crippen molar-refractivity contribution >= 4 is 23.6 Å². The molecule has 7 heteroatoms. The number of carboxylic acid groups (broad SMARTS) is 1. The van der Waals surface area contributed by atoms with Crippen LogP contribution in [0.3, 0.4) is 0 Å². The van der Waals surface area contributed by atoms with Gasteiger partial charge in [0.1, 0.15) is 5.75 Å². The fourth-order valence-electron chi connectivity index (χ4n) is 3.96. The van der Waals surface area contributed by atoms with Crippen molar-refractivity contribution in [2.45, 2.75) is 25.8 Å². The molecule has 1 saturated carbocycles.